The maximum atomic E-state index is 11.2. The summed E-state index contributed by atoms with van der Waals surface area (Å²) in [5, 5.41) is 7.68. The summed E-state index contributed by atoms with van der Waals surface area (Å²) in [5.41, 5.74) is 5.45. The highest BCUT2D eigenvalue weighted by Gasteiger charge is 2.16. The highest BCUT2D eigenvalue weighted by atomic mass is 16.5. The highest BCUT2D eigenvalue weighted by molar-refractivity contribution is 5.75. The van der Waals surface area contributed by atoms with Gasteiger partial charge in [0.1, 0.15) is 12.4 Å². The van der Waals surface area contributed by atoms with Crippen molar-refractivity contribution in [3.05, 3.63) is 12.1 Å². The number of ether oxygens (including phenoxy) is 1. The SMILES string of the molecule is COC(=O)CN(c1ccc(N)nn1)C(C)C. The van der Waals surface area contributed by atoms with Crippen molar-refractivity contribution in [2.75, 3.05) is 24.3 Å². The molecule has 0 unspecified atom stereocenters. The van der Waals surface area contributed by atoms with E-state index in [1.807, 2.05) is 13.8 Å². The van der Waals surface area contributed by atoms with Crippen molar-refractivity contribution in [3.8, 4) is 0 Å². The van der Waals surface area contributed by atoms with E-state index < -0.39 is 0 Å². The van der Waals surface area contributed by atoms with Gasteiger partial charge in [0, 0.05) is 6.04 Å². The zero-order valence-corrected chi connectivity index (χ0v) is 9.67. The summed E-state index contributed by atoms with van der Waals surface area (Å²) in [6.45, 7) is 4.06. The number of nitrogens with zero attached hydrogens (tertiary/aromatic N) is 3. The van der Waals surface area contributed by atoms with Crippen LogP contribution in [0.4, 0.5) is 11.6 Å². The molecule has 1 heterocycles. The number of nitrogens with two attached hydrogens (primary N) is 1. The van der Waals surface area contributed by atoms with Crippen LogP contribution in [0.5, 0.6) is 0 Å². The minimum absolute atomic E-state index is 0.122. The minimum Gasteiger partial charge on any atom is -0.468 e. The Kier molecular flexibility index (Phi) is 4.04. The van der Waals surface area contributed by atoms with Gasteiger partial charge >= 0.3 is 5.97 Å². The molecule has 0 amide bonds. The predicted octanol–water partition coefficient (Wildman–Crippen LogP) is 0.447. The van der Waals surface area contributed by atoms with Gasteiger partial charge < -0.3 is 15.4 Å². The number of rotatable bonds is 4. The van der Waals surface area contributed by atoms with E-state index in [0.717, 1.165) is 0 Å². The normalized spacial score (nSPS) is 10.2. The molecule has 6 heteroatoms. The molecule has 0 radical (unpaired) electrons. The summed E-state index contributed by atoms with van der Waals surface area (Å²) in [6.07, 6.45) is 0. The molecule has 16 heavy (non-hydrogen) atoms. The van der Waals surface area contributed by atoms with Crippen molar-refractivity contribution >= 4 is 17.6 Å². The number of esters is 1. The largest absolute Gasteiger partial charge is 0.468 e. The van der Waals surface area contributed by atoms with Crippen molar-refractivity contribution in [2.45, 2.75) is 19.9 Å². The average molecular weight is 224 g/mol. The van der Waals surface area contributed by atoms with Crippen molar-refractivity contribution in [1.29, 1.82) is 0 Å². The highest BCUT2D eigenvalue weighted by Crippen LogP contribution is 2.13. The molecule has 0 saturated carbocycles. The standard InChI is InChI=1S/C10H16N4O2/c1-7(2)14(6-10(15)16-3)9-5-4-8(11)12-13-9/h4-5,7H,6H2,1-3H3,(H2,11,12). The third-order valence-electron chi connectivity index (χ3n) is 2.12. The Balaban J connectivity index is 2.85. The molecule has 6 nitrogen and oxygen atoms in total. The van der Waals surface area contributed by atoms with Crippen LogP contribution in [0.3, 0.4) is 0 Å². The molecule has 0 atom stereocenters. The number of aromatic nitrogens is 2. The van der Waals surface area contributed by atoms with Gasteiger partial charge in [-0.05, 0) is 26.0 Å². The Labute approximate surface area is 94.4 Å². The number of anilines is 2. The molecular weight excluding hydrogens is 208 g/mol. The summed E-state index contributed by atoms with van der Waals surface area (Å²) in [4.78, 5) is 13.0. The molecule has 1 aromatic heterocycles. The van der Waals surface area contributed by atoms with Crippen molar-refractivity contribution in [3.63, 3.8) is 0 Å². The van der Waals surface area contributed by atoms with Crippen molar-refractivity contribution in [1.82, 2.24) is 10.2 Å². The first-order chi connectivity index (χ1) is 7.54. The van der Waals surface area contributed by atoms with E-state index in [9.17, 15) is 4.79 Å². The summed E-state index contributed by atoms with van der Waals surface area (Å²) in [6, 6.07) is 3.50. The van der Waals surface area contributed by atoms with Gasteiger partial charge in [-0.25, -0.2) is 0 Å². The first-order valence-corrected chi connectivity index (χ1v) is 4.97. The van der Waals surface area contributed by atoms with E-state index in [1.165, 1.54) is 7.11 Å². The summed E-state index contributed by atoms with van der Waals surface area (Å²) in [5.74, 6) is 0.646. The van der Waals surface area contributed by atoms with Crippen LogP contribution in [0.25, 0.3) is 0 Å². The fraction of sp³-hybridized carbons (Fsp3) is 0.500. The smallest absolute Gasteiger partial charge is 0.325 e. The first kappa shape index (κ1) is 12.2. The Hall–Kier alpha value is -1.85. The molecule has 1 aromatic rings. The maximum absolute atomic E-state index is 11.2. The van der Waals surface area contributed by atoms with Crippen molar-refractivity contribution in [2.24, 2.45) is 0 Å². The Morgan fingerprint density at radius 1 is 1.50 bits per heavy atom. The van der Waals surface area contributed by atoms with Gasteiger partial charge in [0.25, 0.3) is 0 Å². The fourth-order valence-corrected chi connectivity index (χ4v) is 1.22. The van der Waals surface area contributed by atoms with Crippen LogP contribution in [-0.2, 0) is 9.53 Å². The molecule has 0 aliphatic heterocycles. The summed E-state index contributed by atoms with van der Waals surface area (Å²) in [7, 11) is 1.36. The maximum Gasteiger partial charge on any atom is 0.325 e. The molecule has 0 fully saturated rings. The molecule has 0 bridgehead atoms. The van der Waals surface area contributed by atoms with Gasteiger partial charge in [-0.2, -0.15) is 0 Å². The number of carbonyl (C=O) groups is 1. The van der Waals surface area contributed by atoms with E-state index in [4.69, 9.17) is 5.73 Å². The lowest BCUT2D eigenvalue weighted by atomic mass is 10.3. The fourth-order valence-electron chi connectivity index (χ4n) is 1.22. The quantitative estimate of drug-likeness (QED) is 0.748. The molecule has 0 aromatic carbocycles. The number of hydrogen-bond acceptors (Lipinski definition) is 6. The van der Waals surface area contributed by atoms with Crippen LogP contribution in [0.2, 0.25) is 0 Å². The van der Waals surface area contributed by atoms with Gasteiger partial charge in [-0.1, -0.05) is 0 Å². The lowest BCUT2D eigenvalue weighted by molar-refractivity contribution is -0.139. The van der Waals surface area contributed by atoms with E-state index in [1.54, 1.807) is 17.0 Å². The predicted molar refractivity (Wildman–Crippen MR) is 60.9 cm³/mol. The second kappa shape index (κ2) is 5.29. The number of hydrogen-bond donors (Lipinski definition) is 1. The number of methoxy groups -OCH3 is 1. The van der Waals surface area contributed by atoms with Gasteiger partial charge in [-0.15, -0.1) is 10.2 Å². The zero-order chi connectivity index (χ0) is 12.1. The average Bonchev–Trinajstić information content (AvgIpc) is 2.26. The zero-order valence-electron chi connectivity index (χ0n) is 9.67. The summed E-state index contributed by atoms with van der Waals surface area (Å²) < 4.78 is 4.62. The molecule has 2 N–H and O–H groups in total. The first-order valence-electron chi connectivity index (χ1n) is 4.97. The number of nitrogen functional groups attached to an aromatic ring is 1. The molecule has 0 saturated heterocycles. The van der Waals surface area contributed by atoms with Gasteiger partial charge in [-0.3, -0.25) is 4.79 Å². The Bertz CT molecular complexity index is 350. The molecule has 1 rings (SSSR count). The molecular formula is C10H16N4O2. The van der Waals surface area contributed by atoms with Crippen LogP contribution < -0.4 is 10.6 Å². The van der Waals surface area contributed by atoms with Gasteiger partial charge in [0.15, 0.2) is 5.82 Å². The van der Waals surface area contributed by atoms with E-state index in [0.29, 0.717) is 11.6 Å². The monoisotopic (exact) mass is 224 g/mol. The summed E-state index contributed by atoms with van der Waals surface area (Å²) >= 11 is 0. The third kappa shape index (κ3) is 3.08. The molecule has 88 valence electrons. The molecule has 0 spiro atoms. The minimum atomic E-state index is -0.313. The Morgan fingerprint density at radius 2 is 2.19 bits per heavy atom. The van der Waals surface area contributed by atoms with Crippen LogP contribution in [0.15, 0.2) is 12.1 Å². The lowest BCUT2D eigenvalue weighted by Gasteiger charge is -2.25. The van der Waals surface area contributed by atoms with E-state index >= 15 is 0 Å². The van der Waals surface area contributed by atoms with E-state index in [-0.39, 0.29) is 18.6 Å². The second-order valence-electron chi connectivity index (χ2n) is 3.61. The Morgan fingerprint density at radius 3 is 2.62 bits per heavy atom. The van der Waals surface area contributed by atoms with Crippen LogP contribution in [0.1, 0.15) is 13.8 Å². The van der Waals surface area contributed by atoms with Gasteiger partial charge in [0.05, 0.1) is 7.11 Å². The number of carbonyl (C=O) groups excluding carboxylic acids is 1. The van der Waals surface area contributed by atoms with E-state index in [2.05, 4.69) is 14.9 Å². The van der Waals surface area contributed by atoms with Crippen LogP contribution >= 0.6 is 0 Å². The molecule has 0 aliphatic carbocycles. The molecule has 0 aliphatic rings. The van der Waals surface area contributed by atoms with Crippen LogP contribution in [-0.4, -0.2) is 35.9 Å². The third-order valence-corrected chi connectivity index (χ3v) is 2.12. The lowest BCUT2D eigenvalue weighted by Crippen LogP contribution is -2.37. The topological polar surface area (TPSA) is 81.3 Å². The van der Waals surface area contributed by atoms with Gasteiger partial charge in [0.2, 0.25) is 0 Å². The van der Waals surface area contributed by atoms with Crippen LogP contribution in [0, 0.1) is 0 Å². The second-order valence-corrected chi connectivity index (χ2v) is 3.61. The van der Waals surface area contributed by atoms with Crippen molar-refractivity contribution < 1.29 is 9.53 Å².